The van der Waals surface area contributed by atoms with Crippen molar-refractivity contribution in [1.29, 1.82) is 0 Å². The second-order valence-corrected chi connectivity index (χ2v) is 6.95. The molecule has 1 fully saturated rings. The number of nitrogen functional groups attached to an aromatic ring is 1. The summed E-state index contributed by atoms with van der Waals surface area (Å²) >= 11 is 4.06. The van der Waals surface area contributed by atoms with Crippen LogP contribution in [0.15, 0.2) is 24.3 Å². The van der Waals surface area contributed by atoms with Crippen LogP contribution in [-0.4, -0.2) is 39.0 Å². The number of anilines is 2. The molecule has 19 heavy (non-hydrogen) atoms. The van der Waals surface area contributed by atoms with E-state index in [9.17, 15) is 0 Å². The molecule has 0 amide bonds. The summed E-state index contributed by atoms with van der Waals surface area (Å²) in [7, 11) is 0. The van der Waals surface area contributed by atoms with Gasteiger partial charge in [0.05, 0.1) is 5.52 Å². The zero-order valence-corrected chi connectivity index (χ0v) is 12.1. The summed E-state index contributed by atoms with van der Waals surface area (Å²) < 4.78 is 0. The minimum absolute atomic E-state index is 0.326. The minimum Gasteiger partial charge on any atom is -0.368 e. The highest BCUT2D eigenvalue weighted by Crippen LogP contribution is 2.25. The molecule has 1 aliphatic heterocycles. The van der Waals surface area contributed by atoms with E-state index in [-0.39, 0.29) is 0 Å². The van der Waals surface area contributed by atoms with Crippen LogP contribution < -0.4 is 11.1 Å². The smallest absolute Gasteiger partial charge is 0.222 e. The normalized spacial score (nSPS) is 19.5. The van der Waals surface area contributed by atoms with Gasteiger partial charge in [-0.15, -0.1) is 0 Å². The summed E-state index contributed by atoms with van der Waals surface area (Å²) in [5, 5.41) is 5.11. The van der Waals surface area contributed by atoms with Gasteiger partial charge in [-0.3, -0.25) is 0 Å². The standard InChI is InChI=1S/C13H16N4S2/c14-13-16-11-4-2-1-3-10(11)12(17-13)15-7-9-8-18-5-6-19-9/h1-4,9H,5-8H2,(H3,14,15,16,17). The molecule has 100 valence electrons. The van der Waals surface area contributed by atoms with Crippen molar-refractivity contribution in [2.24, 2.45) is 0 Å². The van der Waals surface area contributed by atoms with Crippen molar-refractivity contribution >= 4 is 46.2 Å². The Kier molecular flexibility index (Phi) is 3.98. The third kappa shape index (κ3) is 3.06. The van der Waals surface area contributed by atoms with Gasteiger partial charge in [-0.2, -0.15) is 28.5 Å². The first-order valence-corrected chi connectivity index (χ1v) is 8.49. The average molecular weight is 292 g/mol. The van der Waals surface area contributed by atoms with Gasteiger partial charge in [-0.25, -0.2) is 4.98 Å². The highest BCUT2D eigenvalue weighted by Gasteiger charge is 2.15. The summed E-state index contributed by atoms with van der Waals surface area (Å²) in [5.41, 5.74) is 6.65. The molecule has 4 nitrogen and oxygen atoms in total. The van der Waals surface area contributed by atoms with E-state index in [1.807, 2.05) is 47.8 Å². The van der Waals surface area contributed by atoms with Crippen molar-refractivity contribution in [2.45, 2.75) is 5.25 Å². The van der Waals surface area contributed by atoms with Crippen LogP contribution in [0.2, 0.25) is 0 Å². The van der Waals surface area contributed by atoms with E-state index in [0.717, 1.165) is 23.3 Å². The first kappa shape index (κ1) is 12.9. The molecule has 0 saturated carbocycles. The number of rotatable bonds is 3. The number of nitrogens with two attached hydrogens (primary N) is 1. The Morgan fingerprint density at radius 3 is 3.00 bits per heavy atom. The Morgan fingerprint density at radius 2 is 2.16 bits per heavy atom. The Hall–Kier alpha value is -1.14. The van der Waals surface area contributed by atoms with Gasteiger partial charge < -0.3 is 11.1 Å². The molecule has 1 unspecified atom stereocenters. The molecular formula is C13H16N4S2. The van der Waals surface area contributed by atoms with Crippen molar-refractivity contribution in [1.82, 2.24) is 9.97 Å². The van der Waals surface area contributed by atoms with Crippen LogP contribution in [0.4, 0.5) is 11.8 Å². The second-order valence-electron chi connectivity index (χ2n) is 4.40. The van der Waals surface area contributed by atoms with Gasteiger partial charge in [0.1, 0.15) is 5.82 Å². The lowest BCUT2D eigenvalue weighted by Crippen LogP contribution is -2.23. The number of hydrogen-bond donors (Lipinski definition) is 2. The highest BCUT2D eigenvalue weighted by atomic mass is 32.2. The van der Waals surface area contributed by atoms with E-state index >= 15 is 0 Å². The van der Waals surface area contributed by atoms with Gasteiger partial charge in [-0.1, -0.05) is 12.1 Å². The number of thioether (sulfide) groups is 2. The number of aromatic nitrogens is 2. The average Bonchev–Trinajstić information content (AvgIpc) is 2.45. The van der Waals surface area contributed by atoms with Gasteiger partial charge >= 0.3 is 0 Å². The summed E-state index contributed by atoms with van der Waals surface area (Å²) in [5.74, 6) is 4.89. The molecule has 1 aliphatic rings. The molecule has 6 heteroatoms. The Morgan fingerprint density at radius 1 is 1.26 bits per heavy atom. The van der Waals surface area contributed by atoms with Crippen molar-refractivity contribution in [3.63, 3.8) is 0 Å². The first-order chi connectivity index (χ1) is 9.33. The quantitative estimate of drug-likeness (QED) is 0.906. The summed E-state index contributed by atoms with van der Waals surface area (Å²) in [6.07, 6.45) is 0. The summed E-state index contributed by atoms with van der Waals surface area (Å²) in [6, 6.07) is 7.95. The third-order valence-electron chi connectivity index (χ3n) is 3.00. The van der Waals surface area contributed by atoms with Gasteiger partial charge in [0.15, 0.2) is 0 Å². The molecule has 1 aromatic heterocycles. The summed E-state index contributed by atoms with van der Waals surface area (Å²) in [4.78, 5) is 8.57. The van der Waals surface area contributed by atoms with E-state index in [1.54, 1.807) is 0 Å². The molecule has 2 aromatic rings. The zero-order valence-electron chi connectivity index (χ0n) is 10.5. The van der Waals surface area contributed by atoms with E-state index in [4.69, 9.17) is 5.73 Å². The van der Waals surface area contributed by atoms with Crippen LogP contribution in [0.1, 0.15) is 0 Å². The molecule has 3 N–H and O–H groups in total. The van der Waals surface area contributed by atoms with Crippen molar-refractivity contribution in [2.75, 3.05) is 34.9 Å². The van der Waals surface area contributed by atoms with Gasteiger partial charge in [0, 0.05) is 34.4 Å². The van der Waals surface area contributed by atoms with E-state index in [2.05, 4.69) is 15.3 Å². The maximum Gasteiger partial charge on any atom is 0.222 e. The van der Waals surface area contributed by atoms with Crippen molar-refractivity contribution in [3.8, 4) is 0 Å². The van der Waals surface area contributed by atoms with E-state index in [0.29, 0.717) is 11.2 Å². The third-order valence-corrected chi connectivity index (χ3v) is 5.85. The fourth-order valence-electron chi connectivity index (χ4n) is 2.09. The summed E-state index contributed by atoms with van der Waals surface area (Å²) in [6.45, 7) is 0.929. The lowest BCUT2D eigenvalue weighted by Gasteiger charge is -2.21. The number of fused-ring (bicyclic) bond motifs is 1. The number of hydrogen-bond acceptors (Lipinski definition) is 6. The molecule has 1 atom stereocenters. The van der Waals surface area contributed by atoms with Crippen molar-refractivity contribution < 1.29 is 0 Å². The molecule has 0 radical (unpaired) electrons. The number of nitrogens with one attached hydrogen (secondary N) is 1. The first-order valence-electron chi connectivity index (χ1n) is 6.28. The van der Waals surface area contributed by atoms with Gasteiger partial charge in [0.25, 0.3) is 0 Å². The second kappa shape index (κ2) is 5.88. The van der Waals surface area contributed by atoms with Crippen LogP contribution in [0.3, 0.4) is 0 Å². The van der Waals surface area contributed by atoms with Gasteiger partial charge in [-0.05, 0) is 12.1 Å². The number of para-hydroxylation sites is 1. The maximum absolute atomic E-state index is 5.76. The number of benzene rings is 1. The van der Waals surface area contributed by atoms with E-state index in [1.165, 1.54) is 17.3 Å². The molecule has 0 aliphatic carbocycles. The molecule has 3 rings (SSSR count). The molecule has 2 heterocycles. The van der Waals surface area contributed by atoms with Gasteiger partial charge in [0.2, 0.25) is 5.95 Å². The number of nitrogens with zero attached hydrogens (tertiary/aromatic N) is 2. The fourth-order valence-corrected chi connectivity index (χ4v) is 4.71. The maximum atomic E-state index is 5.76. The van der Waals surface area contributed by atoms with Crippen LogP contribution >= 0.6 is 23.5 Å². The molecule has 1 saturated heterocycles. The van der Waals surface area contributed by atoms with Crippen LogP contribution in [0.5, 0.6) is 0 Å². The Labute approximate surface area is 121 Å². The Bertz CT molecular complexity index is 570. The molecule has 1 aromatic carbocycles. The molecule has 0 spiro atoms. The predicted molar refractivity (Wildman–Crippen MR) is 86.0 cm³/mol. The van der Waals surface area contributed by atoms with E-state index < -0.39 is 0 Å². The lowest BCUT2D eigenvalue weighted by molar-refractivity contribution is 0.994. The largest absolute Gasteiger partial charge is 0.368 e. The monoisotopic (exact) mass is 292 g/mol. The topological polar surface area (TPSA) is 63.8 Å². The van der Waals surface area contributed by atoms with Crippen LogP contribution in [0, 0.1) is 0 Å². The minimum atomic E-state index is 0.326. The Balaban J connectivity index is 1.79. The fraction of sp³-hybridized carbons (Fsp3) is 0.385. The predicted octanol–water partition coefficient (Wildman–Crippen LogP) is 2.47. The molecule has 0 bridgehead atoms. The lowest BCUT2D eigenvalue weighted by atomic mass is 10.2. The highest BCUT2D eigenvalue weighted by molar-refractivity contribution is 8.06. The SMILES string of the molecule is Nc1nc(NCC2CSCCS2)c2ccccc2n1. The zero-order chi connectivity index (χ0) is 13.1. The van der Waals surface area contributed by atoms with Crippen LogP contribution in [-0.2, 0) is 0 Å². The molecular weight excluding hydrogens is 276 g/mol. The van der Waals surface area contributed by atoms with Crippen molar-refractivity contribution in [3.05, 3.63) is 24.3 Å². The van der Waals surface area contributed by atoms with Crippen LogP contribution in [0.25, 0.3) is 10.9 Å².